The number of benzene rings is 1. The molecule has 0 fully saturated rings. The van der Waals surface area contributed by atoms with Crippen LogP contribution in [0.3, 0.4) is 0 Å². The van der Waals surface area contributed by atoms with Crippen LogP contribution < -0.4 is 0 Å². The SMILES string of the molecule is CCOC(=O)c1nc2cc(-c3ccc(C)c(F)c3)nc(SC)n2c1C. The second kappa shape index (κ2) is 6.84. The van der Waals surface area contributed by atoms with Gasteiger partial charge >= 0.3 is 5.97 Å². The van der Waals surface area contributed by atoms with Crippen LogP contribution in [0.4, 0.5) is 4.39 Å². The van der Waals surface area contributed by atoms with Gasteiger partial charge in [-0.05, 0) is 38.7 Å². The number of hydrogen-bond acceptors (Lipinski definition) is 5. The molecule has 130 valence electrons. The number of rotatable bonds is 4. The predicted octanol–water partition coefficient (Wildman–Crippen LogP) is 4.05. The molecule has 5 nitrogen and oxygen atoms in total. The first-order chi connectivity index (χ1) is 12.0. The molecule has 0 saturated heterocycles. The normalized spacial score (nSPS) is 11.1. The van der Waals surface area contributed by atoms with E-state index in [9.17, 15) is 9.18 Å². The molecule has 0 aliphatic heterocycles. The summed E-state index contributed by atoms with van der Waals surface area (Å²) in [5.41, 5.74) is 3.38. The summed E-state index contributed by atoms with van der Waals surface area (Å²) in [4.78, 5) is 21.1. The number of thioether (sulfide) groups is 1. The lowest BCUT2D eigenvalue weighted by Gasteiger charge is -2.08. The third kappa shape index (κ3) is 3.11. The van der Waals surface area contributed by atoms with E-state index in [0.29, 0.717) is 33.3 Å². The van der Waals surface area contributed by atoms with Crippen LogP contribution in [0.2, 0.25) is 0 Å². The van der Waals surface area contributed by atoms with E-state index in [1.165, 1.54) is 17.8 Å². The van der Waals surface area contributed by atoms with E-state index in [-0.39, 0.29) is 18.1 Å². The number of hydrogen-bond donors (Lipinski definition) is 0. The van der Waals surface area contributed by atoms with E-state index in [2.05, 4.69) is 9.97 Å². The summed E-state index contributed by atoms with van der Waals surface area (Å²) in [5.74, 6) is -0.740. The number of esters is 1. The molecule has 0 spiro atoms. The van der Waals surface area contributed by atoms with Gasteiger partial charge in [-0.3, -0.25) is 4.40 Å². The molecule has 0 aliphatic carbocycles. The number of aryl methyl sites for hydroxylation is 2. The molecule has 25 heavy (non-hydrogen) atoms. The van der Waals surface area contributed by atoms with Gasteiger partial charge in [-0.2, -0.15) is 0 Å². The Morgan fingerprint density at radius 1 is 1.28 bits per heavy atom. The molecule has 2 aromatic heterocycles. The van der Waals surface area contributed by atoms with Crippen molar-refractivity contribution in [3.8, 4) is 11.3 Å². The smallest absolute Gasteiger partial charge is 0.358 e. The molecular weight excluding hydrogens is 341 g/mol. The second-order valence-corrected chi connectivity index (χ2v) is 6.33. The van der Waals surface area contributed by atoms with Crippen LogP contribution in [0.15, 0.2) is 29.4 Å². The predicted molar refractivity (Wildman–Crippen MR) is 95.6 cm³/mol. The summed E-state index contributed by atoms with van der Waals surface area (Å²) in [6, 6.07) is 6.75. The lowest BCUT2D eigenvalue weighted by Crippen LogP contribution is -2.07. The molecule has 2 heterocycles. The minimum Gasteiger partial charge on any atom is -0.461 e. The molecule has 7 heteroatoms. The van der Waals surface area contributed by atoms with Gasteiger partial charge in [-0.25, -0.2) is 19.2 Å². The molecule has 1 aromatic carbocycles. The van der Waals surface area contributed by atoms with Crippen LogP contribution in [0.25, 0.3) is 16.9 Å². The van der Waals surface area contributed by atoms with E-state index in [1.807, 2.05) is 16.7 Å². The van der Waals surface area contributed by atoms with Crippen LogP contribution >= 0.6 is 11.8 Å². The Hall–Kier alpha value is -2.41. The number of carbonyl (C=O) groups is 1. The fraction of sp³-hybridized carbons (Fsp3) is 0.278. The van der Waals surface area contributed by atoms with Crippen LogP contribution in [0, 0.1) is 19.7 Å². The summed E-state index contributed by atoms with van der Waals surface area (Å²) in [6.45, 7) is 5.56. The topological polar surface area (TPSA) is 56.5 Å². The summed E-state index contributed by atoms with van der Waals surface area (Å²) in [7, 11) is 0. The molecule has 0 bridgehead atoms. The number of halogens is 1. The standard InChI is InChI=1S/C18H18FN3O2S/c1-5-24-17(23)16-11(3)22-15(21-16)9-14(20-18(22)25-4)12-7-6-10(2)13(19)8-12/h6-9H,5H2,1-4H3. The van der Waals surface area contributed by atoms with Crippen LogP contribution in [0.1, 0.15) is 28.7 Å². The van der Waals surface area contributed by atoms with E-state index in [0.717, 1.165) is 0 Å². The number of ether oxygens (including phenoxy) is 1. The van der Waals surface area contributed by atoms with Gasteiger partial charge in [0.2, 0.25) is 0 Å². The van der Waals surface area contributed by atoms with Crippen molar-refractivity contribution >= 4 is 23.4 Å². The van der Waals surface area contributed by atoms with Crippen molar-refractivity contribution in [1.29, 1.82) is 0 Å². The quantitative estimate of drug-likeness (QED) is 0.400. The molecule has 3 rings (SSSR count). The van der Waals surface area contributed by atoms with Gasteiger partial charge in [0.1, 0.15) is 11.5 Å². The molecule has 0 N–H and O–H groups in total. The van der Waals surface area contributed by atoms with Gasteiger partial charge in [-0.1, -0.05) is 23.9 Å². The Bertz CT molecular complexity index is 969. The lowest BCUT2D eigenvalue weighted by molar-refractivity contribution is 0.0519. The first-order valence-electron chi connectivity index (χ1n) is 7.84. The van der Waals surface area contributed by atoms with Gasteiger partial charge in [-0.15, -0.1) is 0 Å². The third-order valence-electron chi connectivity index (χ3n) is 3.93. The van der Waals surface area contributed by atoms with Crippen molar-refractivity contribution in [3.05, 3.63) is 47.0 Å². The van der Waals surface area contributed by atoms with E-state index in [1.54, 1.807) is 32.9 Å². The Kier molecular flexibility index (Phi) is 4.76. The van der Waals surface area contributed by atoms with Crippen molar-refractivity contribution < 1.29 is 13.9 Å². The fourth-order valence-electron chi connectivity index (χ4n) is 2.60. The van der Waals surface area contributed by atoms with Crippen molar-refractivity contribution in [1.82, 2.24) is 14.4 Å². The number of nitrogens with zero attached hydrogens (tertiary/aromatic N) is 3. The first-order valence-corrected chi connectivity index (χ1v) is 9.06. The minimum atomic E-state index is -0.460. The van der Waals surface area contributed by atoms with Gasteiger partial charge < -0.3 is 4.74 Å². The van der Waals surface area contributed by atoms with E-state index >= 15 is 0 Å². The van der Waals surface area contributed by atoms with Crippen LogP contribution in [0.5, 0.6) is 0 Å². The van der Waals surface area contributed by atoms with Gasteiger partial charge in [0.25, 0.3) is 0 Å². The Balaban J connectivity index is 2.20. The average Bonchev–Trinajstić information content (AvgIpc) is 2.94. The molecule has 0 radical (unpaired) electrons. The minimum absolute atomic E-state index is 0.270. The summed E-state index contributed by atoms with van der Waals surface area (Å²) < 4.78 is 20.8. The Labute approximate surface area is 149 Å². The highest BCUT2D eigenvalue weighted by atomic mass is 32.2. The highest BCUT2D eigenvalue weighted by Gasteiger charge is 2.20. The maximum Gasteiger partial charge on any atom is 0.358 e. The van der Waals surface area contributed by atoms with Crippen molar-refractivity contribution in [2.24, 2.45) is 0 Å². The molecular formula is C18H18FN3O2S. The largest absolute Gasteiger partial charge is 0.461 e. The summed E-state index contributed by atoms with van der Waals surface area (Å²) in [6.07, 6.45) is 1.89. The zero-order valence-corrected chi connectivity index (χ0v) is 15.3. The van der Waals surface area contributed by atoms with E-state index < -0.39 is 5.97 Å². The highest BCUT2D eigenvalue weighted by molar-refractivity contribution is 7.98. The molecule has 3 aromatic rings. The molecule has 0 aliphatic rings. The first kappa shape index (κ1) is 17.4. The average molecular weight is 359 g/mol. The Morgan fingerprint density at radius 3 is 2.68 bits per heavy atom. The summed E-state index contributed by atoms with van der Waals surface area (Å²) in [5, 5.41) is 0.675. The molecule has 0 atom stereocenters. The fourth-order valence-corrected chi connectivity index (χ4v) is 3.20. The maximum absolute atomic E-state index is 13.9. The monoisotopic (exact) mass is 359 g/mol. The maximum atomic E-state index is 13.9. The number of aromatic nitrogens is 3. The van der Waals surface area contributed by atoms with E-state index in [4.69, 9.17) is 4.74 Å². The summed E-state index contributed by atoms with van der Waals surface area (Å²) >= 11 is 1.43. The van der Waals surface area contributed by atoms with Gasteiger partial charge in [0, 0.05) is 11.6 Å². The molecule has 0 amide bonds. The number of imidazole rings is 1. The lowest BCUT2D eigenvalue weighted by atomic mass is 10.1. The molecule has 0 unspecified atom stereocenters. The van der Waals surface area contributed by atoms with Crippen molar-refractivity contribution in [2.75, 3.05) is 12.9 Å². The van der Waals surface area contributed by atoms with Crippen molar-refractivity contribution in [2.45, 2.75) is 25.9 Å². The third-order valence-corrected chi connectivity index (χ3v) is 4.56. The second-order valence-electron chi connectivity index (χ2n) is 5.55. The van der Waals surface area contributed by atoms with Crippen LogP contribution in [-0.2, 0) is 4.74 Å². The van der Waals surface area contributed by atoms with Crippen molar-refractivity contribution in [3.63, 3.8) is 0 Å². The van der Waals surface area contributed by atoms with Crippen LogP contribution in [-0.4, -0.2) is 33.2 Å². The number of fused-ring (bicyclic) bond motifs is 1. The zero-order valence-electron chi connectivity index (χ0n) is 14.5. The zero-order chi connectivity index (χ0) is 18.1. The Morgan fingerprint density at radius 2 is 2.04 bits per heavy atom. The highest BCUT2D eigenvalue weighted by Crippen LogP contribution is 2.27. The van der Waals surface area contributed by atoms with Gasteiger partial charge in [0.05, 0.1) is 18.0 Å². The van der Waals surface area contributed by atoms with Gasteiger partial charge in [0.15, 0.2) is 10.9 Å². The number of carbonyl (C=O) groups excluding carboxylic acids is 1. The molecule has 0 saturated carbocycles.